The molecule has 5 nitrogen and oxygen atoms in total. The fraction of sp³-hybridized carbons (Fsp3) is 0.286. The molecule has 0 spiro atoms. The number of ether oxygens (including phenoxy) is 2. The number of benzene rings is 1. The van der Waals surface area contributed by atoms with Gasteiger partial charge in [0.25, 0.3) is 0 Å². The minimum atomic E-state index is -0.402. The van der Waals surface area contributed by atoms with Gasteiger partial charge in [-0.15, -0.1) is 0 Å². The second-order valence-electron chi connectivity index (χ2n) is 4.27. The first-order valence-electron chi connectivity index (χ1n) is 6.21. The van der Waals surface area contributed by atoms with E-state index in [1.54, 1.807) is 17.7 Å². The Morgan fingerprint density at radius 2 is 2.26 bits per heavy atom. The highest BCUT2D eigenvalue weighted by Crippen LogP contribution is 2.22. The summed E-state index contributed by atoms with van der Waals surface area (Å²) in [5, 5.41) is 4.33. The van der Waals surface area contributed by atoms with E-state index in [9.17, 15) is 4.79 Å². The summed E-state index contributed by atoms with van der Waals surface area (Å²) in [4.78, 5) is 11.7. The van der Waals surface area contributed by atoms with Crippen LogP contribution in [0.4, 0.5) is 0 Å². The highest BCUT2D eigenvalue weighted by Gasteiger charge is 2.20. The topological polar surface area (TPSA) is 53.4 Å². The van der Waals surface area contributed by atoms with Gasteiger partial charge in [0.15, 0.2) is 5.69 Å². The van der Waals surface area contributed by atoms with Gasteiger partial charge in [-0.2, -0.15) is 5.10 Å². The predicted octanol–water partition coefficient (Wildman–Crippen LogP) is 2.08. The normalized spacial score (nSPS) is 13.3. The van der Waals surface area contributed by atoms with Crippen molar-refractivity contribution in [2.45, 2.75) is 20.1 Å². The molecule has 5 heteroatoms. The van der Waals surface area contributed by atoms with Crippen LogP contribution in [0, 0.1) is 0 Å². The second-order valence-corrected chi connectivity index (χ2v) is 4.27. The average molecular weight is 258 g/mol. The average Bonchev–Trinajstić information content (AvgIpc) is 2.77. The zero-order valence-corrected chi connectivity index (χ0v) is 10.6. The summed E-state index contributed by atoms with van der Waals surface area (Å²) >= 11 is 0. The van der Waals surface area contributed by atoms with Crippen molar-refractivity contribution >= 4 is 5.97 Å². The number of nitrogens with zero attached hydrogens (tertiary/aromatic N) is 2. The van der Waals surface area contributed by atoms with Crippen molar-refractivity contribution in [2.75, 3.05) is 6.61 Å². The van der Waals surface area contributed by atoms with Crippen molar-refractivity contribution in [3.63, 3.8) is 0 Å². The summed E-state index contributed by atoms with van der Waals surface area (Å²) in [5.74, 6) is -0.402. The summed E-state index contributed by atoms with van der Waals surface area (Å²) in [6, 6.07) is 9.59. The summed E-state index contributed by atoms with van der Waals surface area (Å²) in [6.07, 6.45) is 0. The molecule has 0 fully saturated rings. The molecule has 0 saturated heterocycles. The third-order valence-corrected chi connectivity index (χ3v) is 3.00. The van der Waals surface area contributed by atoms with E-state index >= 15 is 0 Å². The lowest BCUT2D eigenvalue weighted by Crippen LogP contribution is -2.07. The van der Waals surface area contributed by atoms with Crippen LogP contribution < -0.4 is 0 Å². The van der Waals surface area contributed by atoms with Crippen LogP contribution in [-0.2, 0) is 22.7 Å². The minimum absolute atomic E-state index is 0.317. The lowest BCUT2D eigenvalue weighted by molar-refractivity contribution is 0.0519. The van der Waals surface area contributed by atoms with E-state index in [2.05, 4.69) is 5.10 Å². The molecule has 1 aliphatic heterocycles. The van der Waals surface area contributed by atoms with Crippen LogP contribution in [0.5, 0.6) is 0 Å². The van der Waals surface area contributed by atoms with Gasteiger partial charge in [0, 0.05) is 5.56 Å². The summed E-state index contributed by atoms with van der Waals surface area (Å²) < 4.78 is 12.3. The van der Waals surface area contributed by atoms with Crippen LogP contribution in [0.3, 0.4) is 0 Å². The van der Waals surface area contributed by atoms with Gasteiger partial charge in [-0.25, -0.2) is 9.48 Å². The molecule has 0 aliphatic carbocycles. The molecule has 2 aromatic rings. The van der Waals surface area contributed by atoms with Gasteiger partial charge in [-0.1, -0.05) is 18.2 Å². The molecule has 0 radical (unpaired) electrons. The molecule has 0 saturated carbocycles. The Morgan fingerprint density at radius 1 is 1.42 bits per heavy atom. The Kier molecular flexibility index (Phi) is 3.05. The molecular weight excluding hydrogens is 244 g/mol. The smallest absolute Gasteiger partial charge is 0.358 e. The largest absolute Gasteiger partial charge is 0.461 e. The quantitative estimate of drug-likeness (QED) is 0.774. The molecule has 2 heterocycles. The highest BCUT2D eigenvalue weighted by atomic mass is 16.5. The predicted molar refractivity (Wildman–Crippen MR) is 68.0 cm³/mol. The van der Waals surface area contributed by atoms with Crippen molar-refractivity contribution < 1.29 is 14.3 Å². The molecule has 0 atom stereocenters. The van der Waals surface area contributed by atoms with E-state index in [0.717, 1.165) is 16.9 Å². The van der Waals surface area contributed by atoms with Gasteiger partial charge in [-0.05, 0) is 19.1 Å². The fourth-order valence-corrected chi connectivity index (χ4v) is 2.14. The molecule has 0 unspecified atom stereocenters. The van der Waals surface area contributed by atoms with Crippen molar-refractivity contribution in [3.05, 3.63) is 47.3 Å². The van der Waals surface area contributed by atoms with Crippen LogP contribution in [-0.4, -0.2) is 22.4 Å². The second kappa shape index (κ2) is 4.85. The lowest BCUT2D eigenvalue weighted by atomic mass is 10.2. The van der Waals surface area contributed by atoms with Gasteiger partial charge in [0.2, 0.25) is 0 Å². The number of carbonyl (C=O) groups is 1. The number of hydrogen-bond acceptors (Lipinski definition) is 4. The van der Waals surface area contributed by atoms with E-state index < -0.39 is 5.97 Å². The molecule has 0 bridgehead atoms. The number of carbonyl (C=O) groups excluding carboxylic acids is 1. The number of fused-ring (bicyclic) bond motifs is 3. The van der Waals surface area contributed by atoms with Crippen molar-refractivity contribution in [3.8, 4) is 5.69 Å². The van der Waals surface area contributed by atoms with Crippen molar-refractivity contribution in [2.24, 2.45) is 0 Å². The van der Waals surface area contributed by atoms with Crippen molar-refractivity contribution in [1.29, 1.82) is 0 Å². The summed E-state index contributed by atoms with van der Waals surface area (Å²) in [7, 11) is 0. The van der Waals surface area contributed by atoms with Gasteiger partial charge >= 0.3 is 5.97 Å². The minimum Gasteiger partial charge on any atom is -0.461 e. The molecule has 0 amide bonds. The Hall–Kier alpha value is -2.14. The van der Waals surface area contributed by atoms with E-state index in [1.807, 2.05) is 24.3 Å². The SMILES string of the molecule is CCOC(=O)c1cc2n(n1)-c1ccccc1COC2. The van der Waals surface area contributed by atoms with E-state index in [4.69, 9.17) is 9.47 Å². The maximum absolute atomic E-state index is 11.7. The molecule has 1 aromatic heterocycles. The van der Waals surface area contributed by atoms with Crippen LogP contribution in [0.1, 0.15) is 28.7 Å². The number of esters is 1. The first-order chi connectivity index (χ1) is 9.29. The Morgan fingerprint density at radius 3 is 3.11 bits per heavy atom. The number of aromatic nitrogens is 2. The van der Waals surface area contributed by atoms with Gasteiger partial charge < -0.3 is 9.47 Å². The highest BCUT2D eigenvalue weighted by molar-refractivity contribution is 5.87. The Bertz CT molecular complexity index is 619. The van der Waals surface area contributed by atoms with E-state index in [0.29, 0.717) is 25.5 Å². The molecule has 3 rings (SSSR count). The van der Waals surface area contributed by atoms with E-state index in [1.165, 1.54) is 0 Å². The fourth-order valence-electron chi connectivity index (χ4n) is 2.14. The van der Waals surface area contributed by atoms with E-state index in [-0.39, 0.29) is 0 Å². The lowest BCUT2D eigenvalue weighted by Gasteiger charge is -2.06. The maximum atomic E-state index is 11.7. The third kappa shape index (κ3) is 2.13. The summed E-state index contributed by atoms with van der Waals surface area (Å²) in [6.45, 7) is 3.10. The first-order valence-corrected chi connectivity index (χ1v) is 6.21. The molecule has 1 aromatic carbocycles. The number of para-hydroxylation sites is 1. The molecular formula is C14H14N2O3. The molecule has 1 aliphatic rings. The zero-order chi connectivity index (χ0) is 13.2. The Labute approximate surface area is 110 Å². The van der Waals surface area contributed by atoms with Crippen LogP contribution in [0.25, 0.3) is 5.69 Å². The first kappa shape index (κ1) is 11.9. The monoisotopic (exact) mass is 258 g/mol. The Balaban J connectivity index is 2.06. The third-order valence-electron chi connectivity index (χ3n) is 3.00. The van der Waals surface area contributed by atoms with Gasteiger partial charge in [-0.3, -0.25) is 0 Å². The maximum Gasteiger partial charge on any atom is 0.358 e. The van der Waals surface area contributed by atoms with Gasteiger partial charge in [0.1, 0.15) is 0 Å². The standard InChI is InChI=1S/C14H14N2O3/c1-2-19-14(17)12-7-11-9-18-8-10-5-3-4-6-13(10)16(11)15-12/h3-7H,2,8-9H2,1H3. The van der Waals surface area contributed by atoms with Crippen LogP contribution >= 0.6 is 0 Å². The molecule has 0 N–H and O–H groups in total. The van der Waals surface area contributed by atoms with Crippen molar-refractivity contribution in [1.82, 2.24) is 9.78 Å². The molecule has 19 heavy (non-hydrogen) atoms. The van der Waals surface area contributed by atoms with Crippen LogP contribution in [0.2, 0.25) is 0 Å². The summed E-state index contributed by atoms with van der Waals surface area (Å²) in [5.41, 5.74) is 3.18. The zero-order valence-electron chi connectivity index (χ0n) is 10.6. The van der Waals surface area contributed by atoms with Crippen LogP contribution in [0.15, 0.2) is 30.3 Å². The number of hydrogen-bond donors (Lipinski definition) is 0. The number of rotatable bonds is 2. The van der Waals surface area contributed by atoms with Gasteiger partial charge in [0.05, 0.1) is 31.2 Å². The molecule has 98 valence electrons.